The molecule has 4 aromatic rings. The van der Waals surface area contributed by atoms with Crippen LogP contribution in [-0.4, -0.2) is 26.8 Å². The van der Waals surface area contributed by atoms with Crippen molar-refractivity contribution in [1.82, 2.24) is 0 Å². The number of carbonyl (C=O) groups excluding carboxylic acids is 1. The van der Waals surface area contributed by atoms with Crippen molar-refractivity contribution in [3.8, 4) is 11.5 Å². The highest BCUT2D eigenvalue weighted by atomic mass is 32.2. The van der Waals surface area contributed by atoms with Gasteiger partial charge in [-0.1, -0.05) is 66.2 Å². The number of hydrogen-bond acceptors (Lipinski definition) is 6. The van der Waals surface area contributed by atoms with E-state index in [1.54, 1.807) is 48.5 Å². The molecule has 0 radical (unpaired) electrons. The maximum atomic E-state index is 12.8. The molecule has 5 rings (SSSR count). The zero-order chi connectivity index (χ0) is 25.8. The number of sulfonamides is 1. The third-order valence-corrected chi connectivity index (χ3v) is 7.16. The number of rotatable bonds is 7. The summed E-state index contributed by atoms with van der Waals surface area (Å²) in [5, 5.41) is 0. The Morgan fingerprint density at radius 3 is 2.30 bits per heavy atom. The molecular weight excluding hydrogens is 488 g/mol. The van der Waals surface area contributed by atoms with E-state index in [9.17, 15) is 13.2 Å². The van der Waals surface area contributed by atoms with E-state index >= 15 is 0 Å². The number of amidine groups is 1. The standard InChI is InChI=1S/C29H24N2O5S/c1-21-15-17-23(18-16-21)31(29-25-12-6-8-14-27(25)37(33,34)30-29)19-22-9-5-7-13-26(22)36-28(32)20-35-24-10-3-2-4-11-24/h2-18H,19-20H2,1H3. The van der Waals surface area contributed by atoms with Gasteiger partial charge in [0.25, 0.3) is 10.0 Å². The number of ether oxygens (including phenoxy) is 2. The summed E-state index contributed by atoms with van der Waals surface area (Å²) < 4.78 is 40.9. The number of esters is 1. The first-order valence-electron chi connectivity index (χ1n) is 11.7. The molecule has 0 atom stereocenters. The molecule has 0 saturated heterocycles. The molecule has 4 aromatic carbocycles. The van der Waals surface area contributed by atoms with Gasteiger partial charge in [0, 0.05) is 16.8 Å². The second kappa shape index (κ2) is 10.3. The van der Waals surface area contributed by atoms with Crippen molar-refractivity contribution < 1.29 is 22.7 Å². The smallest absolute Gasteiger partial charge is 0.349 e. The van der Waals surface area contributed by atoms with Crippen LogP contribution < -0.4 is 14.4 Å². The molecule has 1 heterocycles. The van der Waals surface area contributed by atoms with Gasteiger partial charge in [0.2, 0.25) is 0 Å². The number of fused-ring (bicyclic) bond motifs is 1. The molecule has 0 amide bonds. The maximum Gasteiger partial charge on any atom is 0.349 e. The van der Waals surface area contributed by atoms with Crippen LogP contribution >= 0.6 is 0 Å². The van der Waals surface area contributed by atoms with Gasteiger partial charge in [0.1, 0.15) is 16.4 Å². The Morgan fingerprint density at radius 1 is 0.838 bits per heavy atom. The summed E-state index contributed by atoms with van der Waals surface area (Å²) >= 11 is 0. The van der Waals surface area contributed by atoms with E-state index in [1.807, 2.05) is 66.4 Å². The van der Waals surface area contributed by atoms with Gasteiger partial charge < -0.3 is 14.4 Å². The minimum absolute atomic E-state index is 0.167. The Balaban J connectivity index is 1.45. The number of anilines is 1. The van der Waals surface area contributed by atoms with Gasteiger partial charge in [-0.25, -0.2) is 4.79 Å². The van der Waals surface area contributed by atoms with Crippen molar-refractivity contribution >= 4 is 27.5 Å². The van der Waals surface area contributed by atoms with Gasteiger partial charge >= 0.3 is 5.97 Å². The summed E-state index contributed by atoms with van der Waals surface area (Å²) in [6.45, 7) is 1.94. The Labute approximate surface area is 215 Å². The highest BCUT2D eigenvalue weighted by molar-refractivity contribution is 7.90. The van der Waals surface area contributed by atoms with Crippen LogP contribution in [0.1, 0.15) is 16.7 Å². The molecule has 8 heteroatoms. The predicted molar refractivity (Wildman–Crippen MR) is 142 cm³/mol. The Bertz CT molecular complexity index is 1570. The van der Waals surface area contributed by atoms with E-state index in [1.165, 1.54) is 0 Å². The topological polar surface area (TPSA) is 85.3 Å². The summed E-state index contributed by atoms with van der Waals surface area (Å²) in [4.78, 5) is 14.6. The van der Waals surface area contributed by atoms with Gasteiger partial charge in [-0.2, -0.15) is 8.42 Å². The fraction of sp³-hybridized carbons (Fsp3) is 0.103. The molecule has 1 aliphatic heterocycles. The quantitative estimate of drug-likeness (QED) is 0.252. The third-order valence-electron chi connectivity index (χ3n) is 5.84. The second-order valence-corrected chi connectivity index (χ2v) is 10.1. The third kappa shape index (κ3) is 5.39. The number of hydrogen-bond donors (Lipinski definition) is 0. The zero-order valence-electron chi connectivity index (χ0n) is 20.1. The van der Waals surface area contributed by atoms with Gasteiger partial charge in [-0.05, 0) is 49.4 Å². The molecule has 0 bridgehead atoms. The fourth-order valence-corrected chi connectivity index (χ4v) is 5.22. The van der Waals surface area contributed by atoms with Gasteiger partial charge in [0.05, 0.1) is 6.54 Å². The summed E-state index contributed by atoms with van der Waals surface area (Å²) in [7, 11) is -3.83. The van der Waals surface area contributed by atoms with Crippen LogP contribution in [0.4, 0.5) is 5.69 Å². The van der Waals surface area contributed by atoms with Crippen molar-refractivity contribution in [2.24, 2.45) is 4.40 Å². The van der Waals surface area contributed by atoms with Crippen LogP contribution in [0.2, 0.25) is 0 Å². The van der Waals surface area contributed by atoms with Gasteiger partial charge in [-0.3, -0.25) is 0 Å². The molecule has 0 spiro atoms. The summed E-state index contributed by atoms with van der Waals surface area (Å²) in [6, 6.07) is 30.6. The minimum Gasteiger partial charge on any atom is -0.482 e. The number of benzene rings is 4. The summed E-state index contributed by atoms with van der Waals surface area (Å²) in [5.41, 5.74) is 3.03. The Kier molecular flexibility index (Phi) is 6.74. The van der Waals surface area contributed by atoms with E-state index < -0.39 is 16.0 Å². The molecule has 0 N–H and O–H groups in total. The fourth-order valence-electron chi connectivity index (χ4n) is 4.01. The molecule has 186 valence electrons. The largest absolute Gasteiger partial charge is 0.482 e. The molecule has 0 aromatic heterocycles. The van der Waals surface area contributed by atoms with Crippen molar-refractivity contribution in [1.29, 1.82) is 0 Å². The Morgan fingerprint density at radius 2 is 1.51 bits per heavy atom. The van der Waals surface area contributed by atoms with E-state index in [2.05, 4.69) is 4.40 Å². The van der Waals surface area contributed by atoms with E-state index in [4.69, 9.17) is 9.47 Å². The van der Waals surface area contributed by atoms with Crippen LogP contribution in [0.25, 0.3) is 0 Å². The number of nitrogens with zero attached hydrogens (tertiary/aromatic N) is 2. The predicted octanol–water partition coefficient (Wildman–Crippen LogP) is 5.14. The van der Waals surface area contributed by atoms with Crippen molar-refractivity contribution in [3.63, 3.8) is 0 Å². The first-order valence-corrected chi connectivity index (χ1v) is 13.1. The Hall–Kier alpha value is -4.43. The van der Waals surface area contributed by atoms with Crippen LogP contribution in [0.3, 0.4) is 0 Å². The SMILES string of the molecule is Cc1ccc(N(Cc2ccccc2OC(=O)COc2ccccc2)C2=NS(=O)(=O)c3ccccc32)cc1. The molecular formula is C29H24N2O5S. The average molecular weight is 513 g/mol. The van der Waals surface area contributed by atoms with Crippen molar-refractivity contribution in [2.45, 2.75) is 18.4 Å². The molecule has 0 aliphatic carbocycles. The normalized spacial score (nSPS) is 13.4. The number of carbonyl (C=O) groups is 1. The van der Waals surface area contributed by atoms with E-state index in [0.717, 1.165) is 11.3 Å². The zero-order valence-corrected chi connectivity index (χ0v) is 20.9. The molecule has 0 saturated carbocycles. The molecule has 0 unspecified atom stereocenters. The maximum absolute atomic E-state index is 12.8. The van der Waals surface area contributed by atoms with Crippen LogP contribution in [0, 0.1) is 6.92 Å². The molecule has 37 heavy (non-hydrogen) atoms. The number of aryl methyl sites for hydroxylation is 1. The molecule has 1 aliphatic rings. The monoisotopic (exact) mass is 512 g/mol. The van der Waals surface area contributed by atoms with E-state index in [0.29, 0.717) is 28.5 Å². The number of para-hydroxylation sites is 2. The average Bonchev–Trinajstić information content (AvgIpc) is 3.19. The lowest BCUT2D eigenvalue weighted by Crippen LogP contribution is -2.30. The van der Waals surface area contributed by atoms with Crippen molar-refractivity contribution in [2.75, 3.05) is 11.5 Å². The highest BCUT2D eigenvalue weighted by Gasteiger charge is 2.32. The van der Waals surface area contributed by atoms with Crippen LogP contribution in [-0.2, 0) is 21.4 Å². The second-order valence-electron chi connectivity index (χ2n) is 8.49. The van der Waals surface area contributed by atoms with Crippen molar-refractivity contribution in [3.05, 3.63) is 120 Å². The summed E-state index contributed by atoms with van der Waals surface area (Å²) in [6.07, 6.45) is 0. The lowest BCUT2D eigenvalue weighted by molar-refractivity contribution is -0.136. The summed E-state index contributed by atoms with van der Waals surface area (Å²) in [5.74, 6) is 0.686. The molecule has 7 nitrogen and oxygen atoms in total. The van der Waals surface area contributed by atoms with E-state index in [-0.39, 0.29) is 18.0 Å². The van der Waals surface area contributed by atoms with Gasteiger partial charge in [0.15, 0.2) is 12.4 Å². The van der Waals surface area contributed by atoms with Crippen LogP contribution in [0.15, 0.2) is 112 Å². The lowest BCUT2D eigenvalue weighted by Gasteiger charge is -2.26. The van der Waals surface area contributed by atoms with Crippen LogP contribution in [0.5, 0.6) is 11.5 Å². The highest BCUT2D eigenvalue weighted by Crippen LogP contribution is 2.32. The minimum atomic E-state index is -3.83. The first-order chi connectivity index (χ1) is 17.9. The van der Waals surface area contributed by atoms with Gasteiger partial charge in [-0.15, -0.1) is 4.40 Å². The first kappa shape index (κ1) is 24.3. The lowest BCUT2D eigenvalue weighted by atomic mass is 10.1. The molecule has 0 fully saturated rings.